The Morgan fingerprint density at radius 1 is 1.04 bits per heavy atom. The van der Waals surface area contributed by atoms with Gasteiger partial charge in [0.25, 0.3) is 5.69 Å². The van der Waals surface area contributed by atoms with E-state index in [9.17, 15) is 14.7 Å². The van der Waals surface area contributed by atoms with Crippen LogP contribution in [-0.2, 0) is 20.2 Å². The Balaban J connectivity index is 1.93. The number of nitrogens with zero attached hydrogens (tertiary/aromatic N) is 2. The van der Waals surface area contributed by atoms with Gasteiger partial charge in [0, 0.05) is 40.5 Å². The minimum atomic E-state index is -3.08. The molecule has 0 aliphatic carbocycles. The van der Waals surface area contributed by atoms with Gasteiger partial charge in [0.2, 0.25) is 0 Å². The van der Waals surface area contributed by atoms with E-state index in [1.54, 1.807) is 26.0 Å². The van der Waals surface area contributed by atoms with Gasteiger partial charge in [0.15, 0.2) is 0 Å². The first-order valence-electron chi connectivity index (χ1n) is 9.02. The van der Waals surface area contributed by atoms with Crippen LogP contribution in [0.2, 0.25) is 0 Å². The van der Waals surface area contributed by atoms with Crippen LogP contribution < -0.4 is 0 Å². The Kier molecular flexibility index (Phi) is 5.95. The van der Waals surface area contributed by atoms with Gasteiger partial charge in [-0.15, -0.1) is 0 Å². The fraction of sp³-hybridized carbons (Fsp3) is 0.368. The minimum Gasteiger partial charge on any atom is -0.340 e. The largest absolute Gasteiger partial charge is 0.340 e. The third-order valence-corrected chi connectivity index (χ3v) is 6.60. The Bertz CT molecular complexity index is 1000. The van der Waals surface area contributed by atoms with E-state index in [2.05, 4.69) is 4.57 Å². The second kappa shape index (κ2) is 8.21. The molecule has 7 nitrogen and oxygen atoms in total. The lowest BCUT2D eigenvalue weighted by atomic mass is 10.1. The van der Waals surface area contributed by atoms with Gasteiger partial charge in [-0.2, -0.15) is 0 Å². The molecule has 1 heterocycles. The highest BCUT2D eigenvalue weighted by molar-refractivity contribution is 7.53. The number of hydrogen-bond acceptors (Lipinski definition) is 5. The lowest BCUT2D eigenvalue weighted by Gasteiger charge is -2.17. The zero-order valence-corrected chi connectivity index (χ0v) is 16.4. The standard InChI is InChI=1S/C19H23N2O5P/c1-3-25-27(24,26-4-2)13-7-12-20-18-9-6-5-8-16(18)17-14-15(21(22)23)10-11-19(17)20/h5-6,8-11,14H,3-4,7,12-13H2,1-2H3. The minimum absolute atomic E-state index is 0.0718. The summed E-state index contributed by atoms with van der Waals surface area (Å²) < 4.78 is 25.5. The van der Waals surface area contributed by atoms with Crippen LogP contribution in [0.15, 0.2) is 42.5 Å². The molecule has 0 unspecified atom stereocenters. The maximum absolute atomic E-state index is 12.7. The molecule has 1 aromatic heterocycles. The molecule has 27 heavy (non-hydrogen) atoms. The summed E-state index contributed by atoms with van der Waals surface area (Å²) >= 11 is 0. The van der Waals surface area contributed by atoms with Crippen LogP contribution in [0.3, 0.4) is 0 Å². The Morgan fingerprint density at radius 3 is 2.37 bits per heavy atom. The van der Waals surface area contributed by atoms with E-state index in [4.69, 9.17) is 9.05 Å². The number of non-ortho nitro benzene ring substituents is 1. The van der Waals surface area contributed by atoms with Crippen LogP contribution in [0.5, 0.6) is 0 Å². The maximum atomic E-state index is 12.7. The lowest BCUT2D eigenvalue weighted by molar-refractivity contribution is -0.384. The van der Waals surface area contributed by atoms with Crippen molar-refractivity contribution in [1.82, 2.24) is 4.57 Å². The maximum Gasteiger partial charge on any atom is 0.330 e. The molecule has 144 valence electrons. The Morgan fingerprint density at radius 2 is 1.70 bits per heavy atom. The van der Waals surface area contributed by atoms with Gasteiger partial charge in [-0.05, 0) is 32.4 Å². The Labute approximate surface area is 157 Å². The Hall–Kier alpha value is -2.21. The van der Waals surface area contributed by atoms with Crippen molar-refractivity contribution in [3.05, 3.63) is 52.6 Å². The fourth-order valence-electron chi connectivity index (χ4n) is 3.38. The number of aryl methyl sites for hydroxylation is 1. The smallest absolute Gasteiger partial charge is 0.330 e. The zero-order valence-electron chi connectivity index (χ0n) is 15.5. The summed E-state index contributed by atoms with van der Waals surface area (Å²) in [5, 5.41) is 12.9. The average Bonchev–Trinajstić information content (AvgIpc) is 2.96. The summed E-state index contributed by atoms with van der Waals surface area (Å²) in [5.74, 6) is 0. The summed E-state index contributed by atoms with van der Waals surface area (Å²) in [7, 11) is -3.08. The molecular weight excluding hydrogens is 367 g/mol. The number of nitro groups is 1. The van der Waals surface area contributed by atoms with E-state index < -0.39 is 7.60 Å². The van der Waals surface area contributed by atoms with Crippen molar-refractivity contribution in [2.24, 2.45) is 0 Å². The molecule has 0 spiro atoms. The number of hydrogen-bond donors (Lipinski definition) is 0. The van der Waals surface area contributed by atoms with Gasteiger partial charge in [0.05, 0.1) is 24.3 Å². The summed E-state index contributed by atoms with van der Waals surface area (Å²) in [4.78, 5) is 10.7. The molecular formula is C19H23N2O5P. The lowest BCUT2D eigenvalue weighted by Crippen LogP contribution is -2.04. The first-order chi connectivity index (χ1) is 13.0. The zero-order chi connectivity index (χ0) is 19.4. The van der Waals surface area contributed by atoms with Crippen LogP contribution in [-0.4, -0.2) is 28.9 Å². The normalized spacial score (nSPS) is 12.1. The molecule has 8 heteroatoms. The van der Waals surface area contributed by atoms with Crippen LogP contribution in [0.1, 0.15) is 20.3 Å². The van der Waals surface area contributed by atoms with Crippen LogP contribution in [0.25, 0.3) is 21.8 Å². The molecule has 0 aliphatic heterocycles. The van der Waals surface area contributed by atoms with Gasteiger partial charge in [-0.25, -0.2) is 0 Å². The molecule has 0 saturated heterocycles. The molecule has 3 rings (SSSR count). The summed E-state index contributed by atoms with van der Waals surface area (Å²) in [6, 6.07) is 12.7. The van der Waals surface area contributed by atoms with Crippen molar-refractivity contribution >= 4 is 35.1 Å². The van der Waals surface area contributed by atoms with Crippen molar-refractivity contribution in [1.29, 1.82) is 0 Å². The molecule has 0 radical (unpaired) electrons. The number of para-hydroxylation sites is 1. The van der Waals surface area contributed by atoms with Crippen molar-refractivity contribution in [3.8, 4) is 0 Å². The SMILES string of the molecule is CCOP(=O)(CCCn1c2ccccc2c2cc([N+](=O)[O-])ccc21)OCC. The highest BCUT2D eigenvalue weighted by Gasteiger charge is 2.23. The second-order valence-corrected chi connectivity index (χ2v) is 8.34. The van der Waals surface area contributed by atoms with Crippen molar-refractivity contribution in [2.45, 2.75) is 26.8 Å². The van der Waals surface area contributed by atoms with Crippen molar-refractivity contribution in [3.63, 3.8) is 0 Å². The fourth-order valence-corrected chi connectivity index (χ4v) is 5.03. The molecule has 2 aromatic carbocycles. The van der Waals surface area contributed by atoms with Gasteiger partial charge in [0.1, 0.15) is 0 Å². The molecule has 3 aromatic rings. The van der Waals surface area contributed by atoms with Gasteiger partial charge >= 0.3 is 7.60 Å². The van der Waals surface area contributed by atoms with Crippen LogP contribution in [0.4, 0.5) is 5.69 Å². The third-order valence-electron chi connectivity index (χ3n) is 4.43. The van der Waals surface area contributed by atoms with E-state index in [1.165, 1.54) is 6.07 Å². The van der Waals surface area contributed by atoms with E-state index in [0.29, 0.717) is 32.3 Å². The molecule has 0 aliphatic rings. The number of nitro benzene ring substituents is 1. The molecule has 0 N–H and O–H groups in total. The van der Waals surface area contributed by atoms with E-state index in [-0.39, 0.29) is 10.6 Å². The molecule has 0 bridgehead atoms. The first kappa shape index (κ1) is 19.5. The number of fused-ring (bicyclic) bond motifs is 3. The van der Waals surface area contributed by atoms with Crippen molar-refractivity contribution in [2.75, 3.05) is 19.4 Å². The van der Waals surface area contributed by atoms with Gasteiger partial charge in [-0.1, -0.05) is 18.2 Å². The second-order valence-electron chi connectivity index (χ2n) is 6.15. The summed E-state index contributed by atoms with van der Waals surface area (Å²) in [6.45, 7) is 4.90. The number of benzene rings is 2. The molecule has 0 atom stereocenters. The predicted molar refractivity (Wildman–Crippen MR) is 106 cm³/mol. The molecule has 0 fully saturated rings. The van der Waals surface area contributed by atoms with Crippen molar-refractivity contribution < 1.29 is 18.5 Å². The predicted octanol–water partition coefficient (Wildman–Crippen LogP) is 5.36. The van der Waals surface area contributed by atoms with Crippen LogP contribution in [0, 0.1) is 10.1 Å². The highest BCUT2D eigenvalue weighted by atomic mass is 31.2. The van der Waals surface area contributed by atoms with E-state index >= 15 is 0 Å². The highest BCUT2D eigenvalue weighted by Crippen LogP contribution is 2.48. The average molecular weight is 390 g/mol. The molecule has 0 amide bonds. The van der Waals surface area contributed by atoms with Gasteiger partial charge < -0.3 is 13.6 Å². The first-order valence-corrected chi connectivity index (χ1v) is 10.8. The topological polar surface area (TPSA) is 83.6 Å². The van der Waals surface area contributed by atoms with E-state index in [0.717, 1.165) is 21.8 Å². The van der Waals surface area contributed by atoms with Crippen LogP contribution >= 0.6 is 7.60 Å². The molecule has 0 saturated carbocycles. The third kappa shape index (κ3) is 4.05. The number of aromatic nitrogens is 1. The quantitative estimate of drug-likeness (QED) is 0.279. The van der Waals surface area contributed by atoms with E-state index in [1.807, 2.05) is 24.3 Å². The summed E-state index contributed by atoms with van der Waals surface area (Å²) in [6.07, 6.45) is 0.942. The summed E-state index contributed by atoms with van der Waals surface area (Å²) in [5.41, 5.74) is 1.99. The number of rotatable bonds is 9. The monoisotopic (exact) mass is 390 g/mol. The van der Waals surface area contributed by atoms with Gasteiger partial charge in [-0.3, -0.25) is 14.7 Å².